The minimum Gasteiger partial charge on any atom is -0.493 e. The standard InChI is InChI=1S/C31H36N4O6S/c1-4-35-19-21-13-14-42(38,39)34-25-16-22(17-26(35)29(21)25)31(37)33-24(15-20-9-6-5-7-10-20)27(36)18-32-23-11-8-12-28(40-2)30(23)41-3/h5-12,16-17,19,24,27,32,34,36H,4,13-15,18H2,1-3H3,(H,33,37)/t24-,27+/m0/s1. The summed E-state index contributed by atoms with van der Waals surface area (Å²) in [7, 11) is -0.448. The van der Waals surface area contributed by atoms with Crippen LogP contribution < -0.4 is 24.8 Å². The van der Waals surface area contributed by atoms with E-state index in [4.69, 9.17) is 9.47 Å². The van der Waals surface area contributed by atoms with Gasteiger partial charge in [-0.3, -0.25) is 9.52 Å². The van der Waals surface area contributed by atoms with Crippen LogP contribution in [0.1, 0.15) is 28.4 Å². The van der Waals surface area contributed by atoms with Gasteiger partial charge >= 0.3 is 0 Å². The molecule has 1 aliphatic rings. The number of para-hydroxylation sites is 1. The van der Waals surface area contributed by atoms with E-state index in [2.05, 4.69) is 15.4 Å². The third kappa shape index (κ3) is 6.17. The van der Waals surface area contributed by atoms with E-state index in [0.29, 0.717) is 47.8 Å². The summed E-state index contributed by atoms with van der Waals surface area (Å²) in [5, 5.41) is 18.4. The highest BCUT2D eigenvalue weighted by molar-refractivity contribution is 7.92. The average molecular weight is 593 g/mol. The van der Waals surface area contributed by atoms with Crippen LogP contribution in [0.4, 0.5) is 11.4 Å². The second-order valence-corrected chi connectivity index (χ2v) is 12.1. The number of ether oxygens (including phenoxy) is 2. The van der Waals surface area contributed by atoms with Crippen molar-refractivity contribution in [1.82, 2.24) is 9.88 Å². The van der Waals surface area contributed by atoms with Gasteiger partial charge in [-0.2, -0.15) is 0 Å². The maximum absolute atomic E-state index is 13.7. The number of aliphatic hydroxyl groups excluding tert-OH is 1. The molecule has 0 spiro atoms. The normalized spacial score (nSPS) is 15.2. The lowest BCUT2D eigenvalue weighted by Gasteiger charge is -2.26. The minimum atomic E-state index is -3.55. The van der Waals surface area contributed by atoms with Gasteiger partial charge in [0.25, 0.3) is 5.91 Å². The summed E-state index contributed by atoms with van der Waals surface area (Å²) in [5.74, 6) is 0.621. The van der Waals surface area contributed by atoms with E-state index in [0.717, 1.165) is 22.0 Å². The number of rotatable bonds is 11. The molecule has 0 bridgehead atoms. The molecule has 1 aromatic heterocycles. The summed E-state index contributed by atoms with van der Waals surface area (Å²) >= 11 is 0. The Morgan fingerprint density at radius 1 is 1.10 bits per heavy atom. The summed E-state index contributed by atoms with van der Waals surface area (Å²) < 4.78 is 40.7. The molecule has 11 heteroatoms. The molecule has 0 unspecified atom stereocenters. The lowest BCUT2D eigenvalue weighted by molar-refractivity contribution is 0.0851. The Hall–Kier alpha value is -4.22. The molecule has 0 saturated carbocycles. The first-order valence-corrected chi connectivity index (χ1v) is 15.5. The van der Waals surface area contributed by atoms with Gasteiger partial charge < -0.3 is 29.8 Å². The molecule has 4 aromatic rings. The molecule has 4 N–H and O–H groups in total. The lowest BCUT2D eigenvalue weighted by Crippen LogP contribution is -2.47. The Labute approximate surface area is 245 Å². The first-order valence-electron chi connectivity index (χ1n) is 13.9. The van der Waals surface area contributed by atoms with Gasteiger partial charge in [0.1, 0.15) is 0 Å². The molecule has 1 aliphatic heterocycles. The maximum atomic E-state index is 13.7. The van der Waals surface area contributed by atoms with E-state index >= 15 is 0 Å². The molecule has 42 heavy (non-hydrogen) atoms. The Morgan fingerprint density at radius 2 is 1.88 bits per heavy atom. The Balaban J connectivity index is 1.43. The first kappa shape index (κ1) is 29.3. The van der Waals surface area contributed by atoms with Crippen LogP contribution in [0.2, 0.25) is 0 Å². The number of sulfonamides is 1. The van der Waals surface area contributed by atoms with Crippen LogP contribution in [0, 0.1) is 0 Å². The van der Waals surface area contributed by atoms with Gasteiger partial charge in [0.05, 0.1) is 49.0 Å². The molecule has 1 amide bonds. The fourth-order valence-corrected chi connectivity index (χ4v) is 6.51. The number of anilines is 2. The predicted molar refractivity (Wildman–Crippen MR) is 164 cm³/mol. The number of hydrogen-bond donors (Lipinski definition) is 4. The van der Waals surface area contributed by atoms with Crippen LogP contribution in [0.5, 0.6) is 11.5 Å². The van der Waals surface area contributed by atoms with Crippen molar-refractivity contribution in [3.05, 3.63) is 83.6 Å². The molecular weight excluding hydrogens is 556 g/mol. The van der Waals surface area contributed by atoms with Crippen molar-refractivity contribution in [3.63, 3.8) is 0 Å². The second kappa shape index (κ2) is 12.3. The Morgan fingerprint density at radius 3 is 2.60 bits per heavy atom. The van der Waals surface area contributed by atoms with Crippen LogP contribution in [0.25, 0.3) is 10.9 Å². The molecule has 5 rings (SSSR count). The van der Waals surface area contributed by atoms with Crippen molar-refractivity contribution in [2.75, 3.05) is 36.6 Å². The zero-order valence-corrected chi connectivity index (χ0v) is 24.7. The van der Waals surface area contributed by atoms with E-state index in [1.165, 1.54) is 0 Å². The molecule has 0 radical (unpaired) electrons. The predicted octanol–water partition coefficient (Wildman–Crippen LogP) is 3.79. The van der Waals surface area contributed by atoms with E-state index < -0.39 is 28.1 Å². The highest BCUT2D eigenvalue weighted by atomic mass is 32.2. The highest BCUT2D eigenvalue weighted by Crippen LogP contribution is 2.35. The van der Waals surface area contributed by atoms with Crippen molar-refractivity contribution in [2.24, 2.45) is 0 Å². The molecule has 0 aliphatic carbocycles. The van der Waals surface area contributed by atoms with Crippen molar-refractivity contribution in [2.45, 2.75) is 38.5 Å². The molecule has 0 fully saturated rings. The van der Waals surface area contributed by atoms with Crippen LogP contribution in [-0.2, 0) is 29.4 Å². The van der Waals surface area contributed by atoms with Crippen molar-refractivity contribution >= 4 is 38.2 Å². The lowest BCUT2D eigenvalue weighted by atomic mass is 10.00. The van der Waals surface area contributed by atoms with Crippen LogP contribution in [-0.4, -0.2) is 62.7 Å². The van der Waals surface area contributed by atoms with Gasteiger partial charge in [-0.15, -0.1) is 0 Å². The quantitative estimate of drug-likeness (QED) is 0.208. The number of hydrogen-bond acceptors (Lipinski definition) is 7. The fourth-order valence-electron chi connectivity index (χ4n) is 5.42. The first-order chi connectivity index (χ1) is 20.2. The number of aryl methyl sites for hydroxylation is 2. The third-order valence-electron chi connectivity index (χ3n) is 7.55. The van der Waals surface area contributed by atoms with E-state index in [9.17, 15) is 18.3 Å². The molecule has 3 aromatic carbocycles. The molecule has 222 valence electrons. The van der Waals surface area contributed by atoms with Crippen LogP contribution >= 0.6 is 0 Å². The van der Waals surface area contributed by atoms with Gasteiger partial charge in [-0.25, -0.2) is 8.42 Å². The number of carbonyl (C=O) groups is 1. The SMILES string of the molecule is CCn1cc2c3c(cc(C(=O)N[C@@H](Cc4ccccc4)[C@H](O)CNc4cccc(OC)c4OC)cc31)NS(=O)(=O)CC2. The van der Waals surface area contributed by atoms with Gasteiger partial charge in [0.2, 0.25) is 10.0 Å². The fraction of sp³-hybridized carbons (Fsp3) is 0.323. The summed E-state index contributed by atoms with van der Waals surface area (Å²) in [6, 6.07) is 17.7. The number of methoxy groups -OCH3 is 2. The van der Waals surface area contributed by atoms with E-state index in [1.54, 1.807) is 32.4 Å². The van der Waals surface area contributed by atoms with Crippen molar-refractivity contribution in [1.29, 1.82) is 0 Å². The van der Waals surface area contributed by atoms with Gasteiger partial charge in [-0.05, 0) is 55.2 Å². The van der Waals surface area contributed by atoms with Gasteiger partial charge in [0.15, 0.2) is 11.5 Å². The number of amides is 1. The average Bonchev–Trinajstić information content (AvgIpc) is 3.30. The van der Waals surface area contributed by atoms with Gasteiger partial charge in [0, 0.05) is 30.2 Å². The van der Waals surface area contributed by atoms with Crippen LogP contribution in [0.15, 0.2) is 66.9 Å². The number of aromatic nitrogens is 1. The van der Waals surface area contributed by atoms with Gasteiger partial charge in [-0.1, -0.05) is 36.4 Å². The second-order valence-electron chi connectivity index (χ2n) is 10.3. The van der Waals surface area contributed by atoms with E-state index in [-0.39, 0.29) is 12.3 Å². The zero-order chi connectivity index (χ0) is 29.9. The molecule has 10 nitrogen and oxygen atoms in total. The summed E-state index contributed by atoms with van der Waals surface area (Å²) in [6.07, 6.45) is 1.74. The maximum Gasteiger partial charge on any atom is 0.251 e. The van der Waals surface area contributed by atoms with Crippen molar-refractivity contribution in [3.8, 4) is 11.5 Å². The third-order valence-corrected chi connectivity index (χ3v) is 8.82. The monoisotopic (exact) mass is 592 g/mol. The number of aliphatic hydroxyl groups is 1. The summed E-state index contributed by atoms with van der Waals surface area (Å²) in [4.78, 5) is 13.7. The topological polar surface area (TPSA) is 131 Å². The number of nitrogens with one attached hydrogen (secondary N) is 3. The highest BCUT2D eigenvalue weighted by Gasteiger charge is 2.27. The van der Waals surface area contributed by atoms with Crippen molar-refractivity contribution < 1.29 is 27.8 Å². The number of benzene rings is 3. The molecule has 0 saturated heterocycles. The summed E-state index contributed by atoms with van der Waals surface area (Å²) in [5.41, 5.74) is 3.99. The zero-order valence-electron chi connectivity index (χ0n) is 23.9. The Bertz CT molecular complexity index is 1690. The molecule has 2 heterocycles. The number of carbonyl (C=O) groups excluding carboxylic acids is 1. The van der Waals surface area contributed by atoms with E-state index in [1.807, 2.05) is 60.2 Å². The summed E-state index contributed by atoms with van der Waals surface area (Å²) in [6.45, 7) is 2.79. The molecular formula is C31H36N4O6S. The number of nitrogens with zero attached hydrogens (tertiary/aromatic N) is 1. The smallest absolute Gasteiger partial charge is 0.251 e. The molecule has 2 atom stereocenters. The largest absolute Gasteiger partial charge is 0.493 e. The minimum absolute atomic E-state index is 0.0253. The Kier molecular flexibility index (Phi) is 8.60. The van der Waals surface area contributed by atoms with Crippen LogP contribution in [0.3, 0.4) is 0 Å².